The number of halogens is 2. The van der Waals surface area contributed by atoms with Gasteiger partial charge in [0.05, 0.1) is 16.5 Å². The molecule has 2 aromatic carbocycles. The number of hydroxylamine groups is 1. The average molecular weight is 405 g/mol. The van der Waals surface area contributed by atoms with Crippen molar-refractivity contribution in [2.24, 2.45) is 0 Å². The van der Waals surface area contributed by atoms with Gasteiger partial charge in [0.25, 0.3) is 5.91 Å². The predicted octanol–water partition coefficient (Wildman–Crippen LogP) is 4.39. The van der Waals surface area contributed by atoms with Crippen molar-refractivity contribution in [1.29, 1.82) is 0 Å². The second kappa shape index (κ2) is 8.24. The van der Waals surface area contributed by atoms with E-state index in [0.717, 1.165) is 5.56 Å². The van der Waals surface area contributed by atoms with Crippen molar-refractivity contribution < 1.29 is 18.9 Å². The summed E-state index contributed by atoms with van der Waals surface area (Å²) in [6.45, 7) is 1.55. The third-order valence-electron chi connectivity index (χ3n) is 3.73. The number of carbonyl (C=O) groups excluding carboxylic acids is 2. The molecule has 138 valence electrons. The first kappa shape index (κ1) is 18.9. The number of nitrogens with zero attached hydrogens (tertiary/aromatic N) is 1. The van der Waals surface area contributed by atoms with Crippen molar-refractivity contribution in [3.8, 4) is 11.3 Å². The number of hydrogen-bond donors (Lipinski definition) is 1. The number of amides is 1. The van der Waals surface area contributed by atoms with E-state index in [1.54, 1.807) is 37.3 Å². The quantitative estimate of drug-likeness (QED) is 0.652. The van der Waals surface area contributed by atoms with E-state index in [4.69, 9.17) is 32.6 Å². The lowest BCUT2D eigenvalue weighted by Gasteiger charge is -2.08. The van der Waals surface area contributed by atoms with Crippen molar-refractivity contribution in [2.45, 2.75) is 13.3 Å². The van der Waals surface area contributed by atoms with E-state index in [1.165, 1.54) is 0 Å². The van der Waals surface area contributed by atoms with Crippen LogP contribution in [0.2, 0.25) is 10.0 Å². The number of nitrogens with one attached hydrogen (secondary N) is 1. The van der Waals surface area contributed by atoms with Crippen molar-refractivity contribution >= 4 is 35.1 Å². The maximum Gasteiger partial charge on any atom is 0.368 e. The highest BCUT2D eigenvalue weighted by atomic mass is 35.5. The first-order valence-electron chi connectivity index (χ1n) is 7.92. The van der Waals surface area contributed by atoms with E-state index in [0.29, 0.717) is 15.6 Å². The van der Waals surface area contributed by atoms with Crippen LogP contribution >= 0.6 is 23.2 Å². The third-order valence-corrected chi connectivity index (χ3v) is 4.36. The topological polar surface area (TPSA) is 81.4 Å². The fraction of sp³-hybridized carbons (Fsp3) is 0.105. The Morgan fingerprint density at radius 1 is 1.07 bits per heavy atom. The number of rotatable bonds is 4. The average Bonchev–Trinajstić information content (AvgIpc) is 3.02. The molecule has 0 radical (unpaired) electrons. The fourth-order valence-corrected chi connectivity index (χ4v) is 3.06. The second-order valence-corrected chi connectivity index (χ2v) is 6.45. The molecule has 6 nitrogen and oxygen atoms in total. The summed E-state index contributed by atoms with van der Waals surface area (Å²) in [6.07, 6.45) is 0.0694. The molecule has 0 bridgehead atoms. The molecule has 1 N–H and O–H groups in total. The Labute approximate surface area is 165 Å². The van der Waals surface area contributed by atoms with Gasteiger partial charge in [-0.1, -0.05) is 64.8 Å². The summed E-state index contributed by atoms with van der Waals surface area (Å²) in [6, 6.07) is 14.0. The lowest BCUT2D eigenvalue weighted by atomic mass is 10.1. The first-order valence-corrected chi connectivity index (χ1v) is 8.67. The Morgan fingerprint density at radius 3 is 2.41 bits per heavy atom. The van der Waals surface area contributed by atoms with Crippen molar-refractivity contribution in [2.75, 3.05) is 0 Å². The molecule has 0 fully saturated rings. The molecule has 8 heteroatoms. The van der Waals surface area contributed by atoms with Crippen molar-refractivity contribution in [1.82, 2.24) is 10.6 Å². The number of carbonyl (C=O) groups is 2. The smallest absolute Gasteiger partial charge is 0.360 e. The molecule has 3 rings (SSSR count). The summed E-state index contributed by atoms with van der Waals surface area (Å²) in [5.41, 5.74) is 3.44. The van der Waals surface area contributed by atoms with Gasteiger partial charge in [0.1, 0.15) is 17.0 Å². The SMILES string of the molecule is Cc1onc(-c2c(Cl)cccc2Cl)c1C(=O)ONC(=O)Cc1ccccc1. The molecule has 0 saturated heterocycles. The Hall–Kier alpha value is -2.83. The summed E-state index contributed by atoms with van der Waals surface area (Å²) >= 11 is 12.4. The van der Waals surface area contributed by atoms with Gasteiger partial charge in [0.2, 0.25) is 0 Å². The minimum Gasteiger partial charge on any atom is -0.360 e. The van der Waals surface area contributed by atoms with Gasteiger partial charge in [-0.25, -0.2) is 4.79 Å². The Kier molecular flexibility index (Phi) is 5.78. The molecule has 1 amide bonds. The van der Waals surface area contributed by atoms with Crippen LogP contribution in [-0.4, -0.2) is 17.0 Å². The number of hydrogen-bond acceptors (Lipinski definition) is 5. The molecule has 3 aromatic rings. The zero-order chi connectivity index (χ0) is 19.4. The number of aromatic nitrogens is 1. The van der Waals surface area contributed by atoms with Crippen molar-refractivity contribution in [3.63, 3.8) is 0 Å². The summed E-state index contributed by atoms with van der Waals surface area (Å²) < 4.78 is 5.10. The van der Waals surface area contributed by atoms with Crippen LogP contribution in [0.5, 0.6) is 0 Å². The van der Waals surface area contributed by atoms with Gasteiger partial charge < -0.3 is 9.36 Å². The number of benzene rings is 2. The molecule has 0 saturated carbocycles. The summed E-state index contributed by atoms with van der Waals surface area (Å²) in [5.74, 6) is -1.09. The molecule has 0 aliphatic heterocycles. The molecule has 0 atom stereocenters. The van der Waals surface area contributed by atoms with E-state index in [2.05, 4.69) is 10.6 Å². The maximum absolute atomic E-state index is 12.5. The molecule has 0 unspecified atom stereocenters. The molecule has 1 heterocycles. The van der Waals surface area contributed by atoms with Gasteiger partial charge in [-0.2, -0.15) is 5.48 Å². The Balaban J connectivity index is 1.76. The molecular formula is C19H14Cl2N2O4. The lowest BCUT2D eigenvalue weighted by molar-refractivity contribution is -0.129. The Bertz CT molecular complexity index is 966. The Morgan fingerprint density at radius 2 is 1.74 bits per heavy atom. The van der Waals surface area contributed by atoms with Crippen LogP contribution in [0.15, 0.2) is 53.1 Å². The van der Waals surface area contributed by atoms with Gasteiger partial charge in [-0.05, 0) is 24.6 Å². The second-order valence-electron chi connectivity index (χ2n) is 5.64. The highest BCUT2D eigenvalue weighted by molar-refractivity contribution is 6.39. The van der Waals surface area contributed by atoms with Crippen LogP contribution in [0.1, 0.15) is 21.7 Å². The highest BCUT2D eigenvalue weighted by Gasteiger charge is 2.26. The van der Waals surface area contributed by atoms with Gasteiger partial charge >= 0.3 is 5.97 Å². The lowest BCUT2D eigenvalue weighted by Crippen LogP contribution is -2.28. The minimum atomic E-state index is -0.832. The van der Waals surface area contributed by atoms with Crippen LogP contribution in [-0.2, 0) is 16.1 Å². The summed E-state index contributed by atoms with van der Waals surface area (Å²) in [7, 11) is 0. The third kappa shape index (κ3) is 4.30. The van der Waals surface area contributed by atoms with E-state index in [1.807, 2.05) is 18.2 Å². The van der Waals surface area contributed by atoms with Crippen LogP contribution in [0.25, 0.3) is 11.3 Å². The molecule has 0 aliphatic carbocycles. The largest absolute Gasteiger partial charge is 0.368 e. The minimum absolute atomic E-state index is 0.0324. The van der Waals surface area contributed by atoms with E-state index >= 15 is 0 Å². The zero-order valence-electron chi connectivity index (χ0n) is 14.2. The predicted molar refractivity (Wildman–Crippen MR) is 100 cm³/mol. The monoisotopic (exact) mass is 404 g/mol. The maximum atomic E-state index is 12.5. The van der Waals surface area contributed by atoms with Gasteiger partial charge in [-0.3, -0.25) is 4.79 Å². The summed E-state index contributed by atoms with van der Waals surface area (Å²) in [5, 5.41) is 4.47. The molecule has 1 aromatic heterocycles. The molecule has 0 aliphatic rings. The molecular weight excluding hydrogens is 391 g/mol. The van der Waals surface area contributed by atoms with Gasteiger partial charge in [0.15, 0.2) is 0 Å². The van der Waals surface area contributed by atoms with Crippen LogP contribution in [0, 0.1) is 6.92 Å². The standard InChI is InChI=1S/C19H14Cl2N2O4/c1-11-16(18(23-26-11)17-13(20)8-5-9-14(17)21)19(25)27-22-15(24)10-12-6-3-2-4-7-12/h2-9H,10H2,1H3,(H,22,24). The summed E-state index contributed by atoms with van der Waals surface area (Å²) in [4.78, 5) is 29.4. The van der Waals surface area contributed by atoms with Crippen LogP contribution < -0.4 is 5.48 Å². The first-order chi connectivity index (χ1) is 13.0. The highest BCUT2D eigenvalue weighted by Crippen LogP contribution is 2.36. The van der Waals surface area contributed by atoms with E-state index in [9.17, 15) is 9.59 Å². The van der Waals surface area contributed by atoms with Crippen molar-refractivity contribution in [3.05, 3.63) is 75.5 Å². The fourth-order valence-electron chi connectivity index (χ4n) is 2.48. The normalized spacial score (nSPS) is 10.5. The number of aryl methyl sites for hydroxylation is 1. The van der Waals surface area contributed by atoms with Crippen LogP contribution in [0.3, 0.4) is 0 Å². The molecule has 27 heavy (non-hydrogen) atoms. The zero-order valence-corrected chi connectivity index (χ0v) is 15.7. The van der Waals surface area contributed by atoms with Gasteiger partial charge in [-0.15, -0.1) is 0 Å². The van der Waals surface area contributed by atoms with E-state index < -0.39 is 11.9 Å². The van der Waals surface area contributed by atoms with E-state index in [-0.39, 0.29) is 23.4 Å². The van der Waals surface area contributed by atoms with Crippen LogP contribution in [0.4, 0.5) is 0 Å². The molecule has 0 spiro atoms. The van der Waals surface area contributed by atoms with Gasteiger partial charge in [0, 0.05) is 5.56 Å².